The first-order chi connectivity index (χ1) is 11.8. The summed E-state index contributed by atoms with van der Waals surface area (Å²) in [6, 6.07) is 6.03. The third kappa shape index (κ3) is 4.17. The Balaban J connectivity index is 2.35. The number of hydrogen-bond donors (Lipinski definition) is 2. The molecule has 0 saturated carbocycles. The molecule has 1 aromatic heterocycles. The van der Waals surface area contributed by atoms with Crippen LogP contribution in [0.25, 0.3) is 0 Å². The Hall–Kier alpha value is -3.29. The van der Waals surface area contributed by atoms with E-state index in [4.69, 9.17) is 9.47 Å². The van der Waals surface area contributed by atoms with Crippen molar-refractivity contribution in [1.82, 2.24) is 4.57 Å². The lowest BCUT2D eigenvalue weighted by Crippen LogP contribution is -2.21. The minimum Gasteiger partial charge on any atom is -0.495 e. The predicted molar refractivity (Wildman–Crippen MR) is 93.5 cm³/mol. The van der Waals surface area contributed by atoms with Crippen LogP contribution in [0.3, 0.4) is 0 Å². The van der Waals surface area contributed by atoms with Gasteiger partial charge in [0.05, 0.1) is 26.1 Å². The molecule has 0 fully saturated rings. The van der Waals surface area contributed by atoms with Crippen LogP contribution in [0, 0.1) is 0 Å². The number of benzene rings is 1. The van der Waals surface area contributed by atoms with E-state index in [1.54, 1.807) is 25.2 Å². The van der Waals surface area contributed by atoms with Crippen molar-refractivity contribution in [2.24, 2.45) is 7.05 Å². The highest BCUT2D eigenvalue weighted by atomic mass is 16.5. The maximum atomic E-state index is 12.5. The number of carbonyl (C=O) groups excluding carboxylic acids is 2. The molecule has 2 N–H and O–H groups in total. The molecular formula is C17H19N3O5. The van der Waals surface area contributed by atoms with E-state index in [-0.39, 0.29) is 17.4 Å². The van der Waals surface area contributed by atoms with E-state index in [1.165, 1.54) is 38.0 Å². The number of rotatable bonds is 5. The molecule has 0 unspecified atom stereocenters. The summed E-state index contributed by atoms with van der Waals surface area (Å²) in [6.07, 6.45) is 1.43. The highest BCUT2D eigenvalue weighted by molar-refractivity contribution is 6.04. The van der Waals surface area contributed by atoms with Crippen molar-refractivity contribution in [1.29, 1.82) is 0 Å². The number of ether oxygens (including phenoxy) is 2. The van der Waals surface area contributed by atoms with Crippen molar-refractivity contribution >= 4 is 23.2 Å². The fourth-order valence-electron chi connectivity index (χ4n) is 2.26. The Morgan fingerprint density at radius 3 is 2.32 bits per heavy atom. The first-order valence-corrected chi connectivity index (χ1v) is 7.37. The second-order valence-electron chi connectivity index (χ2n) is 5.25. The van der Waals surface area contributed by atoms with E-state index in [1.807, 2.05) is 0 Å². The van der Waals surface area contributed by atoms with E-state index in [9.17, 15) is 14.4 Å². The van der Waals surface area contributed by atoms with Crippen LogP contribution in [0.5, 0.6) is 11.5 Å². The van der Waals surface area contributed by atoms with Crippen LogP contribution in [0.15, 0.2) is 35.3 Å². The second kappa shape index (κ2) is 7.52. The van der Waals surface area contributed by atoms with Crippen LogP contribution in [-0.4, -0.2) is 30.6 Å². The van der Waals surface area contributed by atoms with Gasteiger partial charge in [0, 0.05) is 25.7 Å². The molecule has 8 heteroatoms. The topological polar surface area (TPSA) is 98.7 Å². The smallest absolute Gasteiger partial charge is 0.272 e. The third-order valence-corrected chi connectivity index (χ3v) is 3.42. The lowest BCUT2D eigenvalue weighted by molar-refractivity contribution is -0.114. The Morgan fingerprint density at radius 1 is 1.04 bits per heavy atom. The molecule has 2 amide bonds. The number of hydrogen-bond acceptors (Lipinski definition) is 5. The van der Waals surface area contributed by atoms with Crippen molar-refractivity contribution in [2.45, 2.75) is 6.92 Å². The highest BCUT2D eigenvalue weighted by Gasteiger charge is 2.15. The first-order valence-electron chi connectivity index (χ1n) is 7.37. The summed E-state index contributed by atoms with van der Waals surface area (Å²) in [4.78, 5) is 35.6. The normalized spacial score (nSPS) is 10.1. The van der Waals surface area contributed by atoms with E-state index >= 15 is 0 Å². The number of aromatic nitrogens is 1. The summed E-state index contributed by atoms with van der Waals surface area (Å²) >= 11 is 0. The average molecular weight is 345 g/mol. The van der Waals surface area contributed by atoms with Gasteiger partial charge < -0.3 is 24.7 Å². The number of aryl methyl sites for hydroxylation is 1. The highest BCUT2D eigenvalue weighted by Crippen LogP contribution is 2.28. The van der Waals surface area contributed by atoms with Crippen LogP contribution in [0.4, 0.5) is 11.4 Å². The Bertz CT molecular complexity index is 873. The number of methoxy groups -OCH3 is 2. The second-order valence-corrected chi connectivity index (χ2v) is 5.25. The number of amides is 2. The Labute approximate surface area is 144 Å². The maximum Gasteiger partial charge on any atom is 0.272 e. The number of carbonyl (C=O) groups is 2. The van der Waals surface area contributed by atoms with Crippen LogP contribution in [0.1, 0.15) is 17.4 Å². The first kappa shape index (κ1) is 18.1. The van der Waals surface area contributed by atoms with Gasteiger partial charge in [-0.25, -0.2) is 0 Å². The zero-order valence-corrected chi connectivity index (χ0v) is 14.4. The SMILES string of the molecule is COc1ccc(NC(C)=O)cc1NC(=O)c1cc(=O)c(OC)cn1C. The van der Waals surface area contributed by atoms with Gasteiger partial charge in [0.1, 0.15) is 11.4 Å². The number of pyridine rings is 1. The summed E-state index contributed by atoms with van der Waals surface area (Å²) in [7, 11) is 4.48. The van der Waals surface area contributed by atoms with E-state index in [2.05, 4.69) is 10.6 Å². The monoisotopic (exact) mass is 345 g/mol. The maximum absolute atomic E-state index is 12.5. The van der Waals surface area contributed by atoms with E-state index in [0.29, 0.717) is 17.1 Å². The van der Waals surface area contributed by atoms with Gasteiger partial charge in [0.25, 0.3) is 5.91 Å². The molecule has 1 aromatic carbocycles. The third-order valence-electron chi connectivity index (χ3n) is 3.42. The number of anilines is 2. The summed E-state index contributed by atoms with van der Waals surface area (Å²) in [5.41, 5.74) is 0.622. The van der Waals surface area contributed by atoms with Gasteiger partial charge >= 0.3 is 0 Å². The van der Waals surface area contributed by atoms with Crippen LogP contribution in [-0.2, 0) is 11.8 Å². The summed E-state index contributed by atoms with van der Waals surface area (Å²) < 4.78 is 11.6. The summed E-state index contributed by atoms with van der Waals surface area (Å²) in [5.74, 6) is -0.175. The van der Waals surface area contributed by atoms with Gasteiger partial charge in [-0.1, -0.05) is 0 Å². The largest absolute Gasteiger partial charge is 0.495 e. The quantitative estimate of drug-likeness (QED) is 0.858. The van der Waals surface area contributed by atoms with Crippen molar-refractivity contribution < 1.29 is 19.1 Å². The Morgan fingerprint density at radius 2 is 1.72 bits per heavy atom. The van der Waals surface area contributed by atoms with Crippen molar-refractivity contribution in [3.63, 3.8) is 0 Å². The molecule has 0 atom stereocenters. The predicted octanol–water partition coefficient (Wildman–Crippen LogP) is 1.61. The summed E-state index contributed by atoms with van der Waals surface area (Å²) in [6.45, 7) is 1.38. The molecule has 0 aliphatic rings. The lowest BCUT2D eigenvalue weighted by atomic mass is 10.2. The van der Waals surface area contributed by atoms with Crippen molar-refractivity contribution in [3.05, 3.63) is 46.4 Å². The number of nitrogens with zero attached hydrogens (tertiary/aromatic N) is 1. The van der Waals surface area contributed by atoms with Crippen molar-refractivity contribution in [2.75, 3.05) is 24.9 Å². The van der Waals surface area contributed by atoms with Crippen LogP contribution < -0.4 is 25.5 Å². The lowest BCUT2D eigenvalue weighted by Gasteiger charge is -2.14. The molecule has 8 nitrogen and oxygen atoms in total. The molecule has 25 heavy (non-hydrogen) atoms. The minimum absolute atomic E-state index is 0.143. The zero-order chi connectivity index (χ0) is 18.6. The molecule has 0 bridgehead atoms. The van der Waals surface area contributed by atoms with Crippen LogP contribution >= 0.6 is 0 Å². The fraction of sp³-hybridized carbons (Fsp3) is 0.235. The fourth-order valence-corrected chi connectivity index (χ4v) is 2.26. The minimum atomic E-state index is -0.500. The molecule has 1 heterocycles. The molecule has 132 valence electrons. The van der Waals surface area contributed by atoms with E-state index < -0.39 is 11.3 Å². The number of nitrogens with one attached hydrogen (secondary N) is 2. The van der Waals surface area contributed by atoms with Gasteiger partial charge in [-0.15, -0.1) is 0 Å². The average Bonchev–Trinajstić information content (AvgIpc) is 2.56. The molecular weight excluding hydrogens is 326 g/mol. The van der Waals surface area contributed by atoms with Crippen LogP contribution in [0.2, 0.25) is 0 Å². The zero-order valence-electron chi connectivity index (χ0n) is 14.4. The molecule has 0 saturated heterocycles. The van der Waals surface area contributed by atoms with Gasteiger partial charge in [0.15, 0.2) is 5.75 Å². The molecule has 0 aliphatic heterocycles. The van der Waals surface area contributed by atoms with Gasteiger partial charge in [0.2, 0.25) is 11.3 Å². The standard InChI is InChI=1S/C17H19N3O5/c1-10(21)18-11-5-6-15(24-3)12(7-11)19-17(23)13-8-14(22)16(25-4)9-20(13)2/h5-9H,1-4H3,(H,18,21)(H,19,23). The van der Waals surface area contributed by atoms with Gasteiger partial charge in [-0.2, -0.15) is 0 Å². The molecule has 0 aliphatic carbocycles. The van der Waals surface area contributed by atoms with Gasteiger partial charge in [-0.05, 0) is 18.2 Å². The Kier molecular flexibility index (Phi) is 5.43. The van der Waals surface area contributed by atoms with E-state index in [0.717, 1.165) is 0 Å². The molecule has 0 radical (unpaired) electrons. The molecule has 0 spiro atoms. The molecule has 2 aromatic rings. The summed E-state index contributed by atoms with van der Waals surface area (Å²) in [5, 5.41) is 5.31. The van der Waals surface area contributed by atoms with Crippen molar-refractivity contribution in [3.8, 4) is 11.5 Å². The molecule has 2 rings (SSSR count). The van der Waals surface area contributed by atoms with Gasteiger partial charge in [-0.3, -0.25) is 14.4 Å².